The van der Waals surface area contributed by atoms with Crippen molar-refractivity contribution in [3.05, 3.63) is 48.1 Å². The number of anilines is 3. The van der Waals surface area contributed by atoms with Crippen LogP contribution in [0.3, 0.4) is 0 Å². The highest BCUT2D eigenvalue weighted by Crippen LogP contribution is 2.31. The van der Waals surface area contributed by atoms with Crippen LogP contribution in [0.25, 0.3) is 10.2 Å². The minimum atomic E-state index is -0.538. The summed E-state index contributed by atoms with van der Waals surface area (Å²) in [6, 6.07) is 6.79. The Kier molecular flexibility index (Phi) is 7.36. The number of carbonyl (C=O) groups excluding carboxylic acids is 1. The SMILES string of the molecule is C=CC(=O)NC1CCC(Nc2nc(Nc3ccc(OCCO)c(F)c3)nc3ccsc23)CC1. The number of aromatic nitrogens is 2. The number of nitrogens with one attached hydrogen (secondary N) is 3. The average Bonchev–Trinajstić information content (AvgIpc) is 3.29. The largest absolute Gasteiger partial charge is 0.488 e. The fourth-order valence-corrected chi connectivity index (χ4v) is 4.62. The molecule has 1 saturated carbocycles. The molecule has 10 heteroatoms. The Labute approximate surface area is 194 Å². The molecule has 1 amide bonds. The van der Waals surface area contributed by atoms with Gasteiger partial charge >= 0.3 is 0 Å². The fourth-order valence-electron chi connectivity index (χ4n) is 3.83. The highest BCUT2D eigenvalue weighted by atomic mass is 32.1. The fraction of sp³-hybridized carbons (Fsp3) is 0.348. The second-order valence-corrected chi connectivity index (χ2v) is 8.69. The molecule has 174 valence electrons. The third kappa shape index (κ3) is 5.77. The van der Waals surface area contributed by atoms with Crippen molar-refractivity contribution >= 4 is 44.9 Å². The number of halogens is 1. The summed E-state index contributed by atoms with van der Waals surface area (Å²) in [5.41, 5.74) is 1.29. The molecule has 33 heavy (non-hydrogen) atoms. The van der Waals surface area contributed by atoms with Gasteiger partial charge < -0.3 is 25.8 Å². The lowest BCUT2D eigenvalue weighted by atomic mass is 9.91. The minimum Gasteiger partial charge on any atom is -0.488 e. The molecule has 4 rings (SSSR count). The van der Waals surface area contributed by atoms with Crippen LogP contribution in [0.4, 0.5) is 21.8 Å². The summed E-state index contributed by atoms with van der Waals surface area (Å²) in [7, 11) is 0. The molecule has 0 saturated heterocycles. The first kappa shape index (κ1) is 22.9. The first-order chi connectivity index (χ1) is 16.1. The standard InChI is InChI=1S/C23H26FN5O3S/c1-2-20(31)25-14-3-5-15(6-4-14)26-22-21-18(9-12-33-21)28-23(29-22)27-16-7-8-19(17(24)13-16)32-11-10-30/h2,7-9,12-15,30H,1,3-6,10-11H2,(H,25,31)(H2,26,27,28,29). The Morgan fingerprint density at radius 2 is 2.03 bits per heavy atom. The van der Waals surface area contributed by atoms with E-state index >= 15 is 0 Å². The molecule has 0 radical (unpaired) electrons. The number of amides is 1. The van der Waals surface area contributed by atoms with Gasteiger partial charge in [-0.2, -0.15) is 4.98 Å². The van der Waals surface area contributed by atoms with Crippen molar-refractivity contribution in [3.63, 3.8) is 0 Å². The molecule has 1 fully saturated rings. The summed E-state index contributed by atoms with van der Waals surface area (Å²) in [5, 5.41) is 20.4. The van der Waals surface area contributed by atoms with E-state index in [0.29, 0.717) is 11.6 Å². The molecule has 0 bridgehead atoms. The summed E-state index contributed by atoms with van der Waals surface area (Å²) >= 11 is 1.56. The molecule has 0 aliphatic heterocycles. The van der Waals surface area contributed by atoms with Gasteiger partial charge in [-0.15, -0.1) is 11.3 Å². The topological polar surface area (TPSA) is 108 Å². The van der Waals surface area contributed by atoms with Crippen molar-refractivity contribution in [2.45, 2.75) is 37.8 Å². The lowest BCUT2D eigenvalue weighted by Gasteiger charge is -2.29. The van der Waals surface area contributed by atoms with Gasteiger partial charge in [0.05, 0.1) is 16.8 Å². The maximum atomic E-state index is 14.3. The van der Waals surface area contributed by atoms with Gasteiger partial charge in [-0.1, -0.05) is 6.58 Å². The Morgan fingerprint density at radius 3 is 2.76 bits per heavy atom. The van der Waals surface area contributed by atoms with Crippen molar-refractivity contribution < 1.29 is 19.0 Å². The van der Waals surface area contributed by atoms with Gasteiger partial charge in [0.25, 0.3) is 0 Å². The van der Waals surface area contributed by atoms with Crippen LogP contribution in [0.15, 0.2) is 42.3 Å². The van der Waals surface area contributed by atoms with Gasteiger partial charge in [0.2, 0.25) is 11.9 Å². The van der Waals surface area contributed by atoms with Crippen molar-refractivity contribution in [2.75, 3.05) is 23.8 Å². The smallest absolute Gasteiger partial charge is 0.243 e. The molecule has 0 atom stereocenters. The molecular formula is C23H26FN5O3S. The van der Waals surface area contributed by atoms with E-state index in [9.17, 15) is 9.18 Å². The zero-order valence-corrected chi connectivity index (χ0v) is 18.8. The molecule has 8 nitrogen and oxygen atoms in total. The van der Waals surface area contributed by atoms with Crippen molar-refractivity contribution in [1.82, 2.24) is 15.3 Å². The normalized spacial score (nSPS) is 18.0. The Balaban J connectivity index is 1.46. The van der Waals surface area contributed by atoms with Crippen molar-refractivity contribution in [2.24, 2.45) is 0 Å². The third-order valence-electron chi connectivity index (χ3n) is 5.44. The zero-order valence-electron chi connectivity index (χ0n) is 18.0. The molecule has 2 aromatic heterocycles. The molecule has 4 N–H and O–H groups in total. The highest BCUT2D eigenvalue weighted by Gasteiger charge is 2.23. The van der Waals surface area contributed by atoms with Crippen molar-refractivity contribution in [3.8, 4) is 5.75 Å². The molecule has 0 unspecified atom stereocenters. The number of thiophene rings is 1. The Morgan fingerprint density at radius 1 is 1.24 bits per heavy atom. The van der Waals surface area contributed by atoms with E-state index in [-0.39, 0.29) is 37.0 Å². The maximum absolute atomic E-state index is 14.3. The van der Waals surface area contributed by atoms with Gasteiger partial charge in [0, 0.05) is 23.8 Å². The number of aliphatic hydroxyl groups is 1. The summed E-state index contributed by atoms with van der Waals surface area (Å²) in [5.74, 6) is 0.496. The van der Waals surface area contributed by atoms with E-state index in [1.54, 1.807) is 17.4 Å². The monoisotopic (exact) mass is 471 g/mol. The minimum absolute atomic E-state index is 0.0270. The molecule has 2 heterocycles. The number of aliphatic hydroxyl groups excluding tert-OH is 1. The zero-order chi connectivity index (χ0) is 23.2. The highest BCUT2D eigenvalue weighted by molar-refractivity contribution is 7.17. The van der Waals surface area contributed by atoms with Gasteiger partial charge in [-0.25, -0.2) is 9.37 Å². The van der Waals surface area contributed by atoms with Crippen LogP contribution >= 0.6 is 11.3 Å². The van der Waals surface area contributed by atoms with E-state index in [1.807, 2.05) is 11.4 Å². The number of nitrogens with zero attached hydrogens (tertiary/aromatic N) is 2. The van der Waals surface area contributed by atoms with Gasteiger partial charge in [-0.05, 0) is 55.3 Å². The van der Waals surface area contributed by atoms with Crippen LogP contribution < -0.4 is 20.7 Å². The third-order valence-corrected chi connectivity index (χ3v) is 6.35. The summed E-state index contributed by atoms with van der Waals surface area (Å²) in [6.45, 7) is 3.34. The first-order valence-electron chi connectivity index (χ1n) is 10.8. The van der Waals surface area contributed by atoms with Gasteiger partial charge in [-0.3, -0.25) is 4.79 Å². The van der Waals surface area contributed by atoms with Crippen LogP contribution in [-0.2, 0) is 4.79 Å². The lowest BCUT2D eigenvalue weighted by molar-refractivity contribution is -0.117. The van der Waals surface area contributed by atoms with Crippen LogP contribution in [-0.4, -0.2) is 46.3 Å². The lowest BCUT2D eigenvalue weighted by Crippen LogP contribution is -2.39. The van der Waals surface area contributed by atoms with Crippen LogP contribution in [0.2, 0.25) is 0 Å². The summed E-state index contributed by atoms with van der Waals surface area (Å²) in [6.07, 6.45) is 4.87. The Hall–Kier alpha value is -3.24. The number of ether oxygens (including phenoxy) is 1. The predicted molar refractivity (Wildman–Crippen MR) is 128 cm³/mol. The Bertz CT molecular complexity index is 1130. The van der Waals surface area contributed by atoms with Gasteiger partial charge in [0.1, 0.15) is 12.4 Å². The van der Waals surface area contributed by atoms with Gasteiger partial charge in [0.15, 0.2) is 11.6 Å². The van der Waals surface area contributed by atoms with Crippen molar-refractivity contribution in [1.29, 1.82) is 0 Å². The number of rotatable bonds is 9. The van der Waals surface area contributed by atoms with Crippen LogP contribution in [0.1, 0.15) is 25.7 Å². The second-order valence-electron chi connectivity index (χ2n) is 7.78. The van der Waals surface area contributed by atoms with Crippen LogP contribution in [0, 0.1) is 5.82 Å². The van der Waals surface area contributed by atoms with Crippen LogP contribution in [0.5, 0.6) is 5.75 Å². The average molecular weight is 472 g/mol. The molecule has 1 aromatic carbocycles. The second kappa shape index (κ2) is 10.6. The van der Waals surface area contributed by atoms with E-state index in [0.717, 1.165) is 41.7 Å². The quantitative estimate of drug-likeness (QED) is 0.350. The van der Waals surface area contributed by atoms with E-state index in [4.69, 9.17) is 9.84 Å². The van der Waals surface area contributed by atoms with E-state index < -0.39 is 5.82 Å². The maximum Gasteiger partial charge on any atom is 0.243 e. The molecule has 1 aliphatic rings. The number of hydrogen-bond acceptors (Lipinski definition) is 8. The summed E-state index contributed by atoms with van der Waals surface area (Å²) in [4.78, 5) is 20.7. The first-order valence-corrected chi connectivity index (χ1v) is 11.7. The number of carbonyl (C=O) groups is 1. The number of benzene rings is 1. The van der Waals surface area contributed by atoms with E-state index in [2.05, 4.69) is 32.5 Å². The van der Waals surface area contributed by atoms with E-state index in [1.165, 1.54) is 18.2 Å². The molecular weight excluding hydrogens is 445 g/mol. The predicted octanol–water partition coefficient (Wildman–Crippen LogP) is 3.97. The number of fused-ring (bicyclic) bond motifs is 1. The summed E-state index contributed by atoms with van der Waals surface area (Å²) < 4.78 is 20.4. The molecule has 3 aromatic rings. The molecule has 1 aliphatic carbocycles. The molecule has 0 spiro atoms. The number of hydrogen-bond donors (Lipinski definition) is 4.